The van der Waals surface area contributed by atoms with E-state index in [4.69, 9.17) is 0 Å². The van der Waals surface area contributed by atoms with Gasteiger partial charge in [0.25, 0.3) is 5.91 Å². The molecule has 0 unspecified atom stereocenters. The van der Waals surface area contributed by atoms with Gasteiger partial charge < -0.3 is 10.6 Å². The summed E-state index contributed by atoms with van der Waals surface area (Å²) in [4.78, 5) is 27.6. The van der Waals surface area contributed by atoms with E-state index in [1.807, 2.05) is 0 Å². The van der Waals surface area contributed by atoms with Crippen molar-refractivity contribution in [3.05, 3.63) is 54.4 Å². The molecule has 2 amide bonds. The van der Waals surface area contributed by atoms with Gasteiger partial charge in [-0.25, -0.2) is 13.1 Å². The first-order chi connectivity index (χ1) is 13.0. The number of amides is 2. The number of nitrogens with one attached hydrogen (secondary N) is 3. The van der Waals surface area contributed by atoms with Gasteiger partial charge in [0.05, 0.1) is 0 Å². The maximum Gasteiger partial charge on any atom is 0.251 e. The fraction of sp³-hybridized carbons (Fsp3) is 0.278. The predicted molar refractivity (Wildman–Crippen MR) is 99.6 cm³/mol. The van der Waals surface area contributed by atoms with Crippen molar-refractivity contribution in [2.24, 2.45) is 5.92 Å². The Morgan fingerprint density at radius 1 is 1.07 bits per heavy atom. The van der Waals surface area contributed by atoms with Crippen molar-refractivity contribution in [2.75, 3.05) is 18.4 Å². The normalized spacial score (nSPS) is 13.8. The second kappa shape index (κ2) is 8.28. The Kier molecular flexibility index (Phi) is 5.82. The first-order valence-corrected chi connectivity index (χ1v) is 10.0. The van der Waals surface area contributed by atoms with Crippen LogP contribution in [-0.4, -0.2) is 38.3 Å². The molecule has 27 heavy (non-hydrogen) atoms. The summed E-state index contributed by atoms with van der Waals surface area (Å²) in [5.74, 6) is -0.202. The van der Waals surface area contributed by atoms with Crippen LogP contribution >= 0.6 is 0 Å². The van der Waals surface area contributed by atoms with Crippen molar-refractivity contribution >= 4 is 27.5 Å². The Balaban J connectivity index is 1.44. The van der Waals surface area contributed by atoms with Gasteiger partial charge in [-0.15, -0.1) is 0 Å². The Morgan fingerprint density at radius 2 is 1.81 bits per heavy atom. The standard InChI is InChI=1S/C18H20N4O4S/c23-17(13-5-7-15(8-6-13)22-18(24)14-3-4-14)20-10-11-21-27(25,26)16-2-1-9-19-12-16/h1-2,5-9,12,14,21H,3-4,10-11H2,(H,20,23)(H,22,24). The molecule has 1 aliphatic rings. The lowest BCUT2D eigenvalue weighted by molar-refractivity contribution is -0.117. The maximum absolute atomic E-state index is 12.1. The minimum absolute atomic E-state index is 0.00750. The number of hydrogen-bond acceptors (Lipinski definition) is 5. The van der Waals surface area contributed by atoms with Crippen LogP contribution in [0.2, 0.25) is 0 Å². The highest BCUT2D eigenvalue weighted by atomic mass is 32.2. The maximum atomic E-state index is 12.1. The molecule has 1 aromatic carbocycles. The summed E-state index contributed by atoms with van der Waals surface area (Å²) in [5.41, 5.74) is 1.07. The lowest BCUT2D eigenvalue weighted by Gasteiger charge is -2.09. The lowest BCUT2D eigenvalue weighted by atomic mass is 10.2. The number of sulfonamides is 1. The van der Waals surface area contributed by atoms with Crippen molar-refractivity contribution in [3.8, 4) is 0 Å². The molecule has 1 aliphatic carbocycles. The van der Waals surface area contributed by atoms with Crippen LogP contribution in [0.25, 0.3) is 0 Å². The molecule has 3 N–H and O–H groups in total. The van der Waals surface area contributed by atoms with E-state index < -0.39 is 10.0 Å². The van der Waals surface area contributed by atoms with E-state index in [1.165, 1.54) is 24.5 Å². The largest absolute Gasteiger partial charge is 0.351 e. The molecular weight excluding hydrogens is 368 g/mol. The zero-order valence-corrected chi connectivity index (χ0v) is 15.3. The second-order valence-electron chi connectivity index (χ2n) is 6.18. The number of hydrogen-bond donors (Lipinski definition) is 3. The molecular formula is C18H20N4O4S. The van der Waals surface area contributed by atoms with E-state index in [1.54, 1.807) is 24.3 Å². The topological polar surface area (TPSA) is 117 Å². The molecule has 0 spiro atoms. The van der Waals surface area contributed by atoms with E-state index in [2.05, 4.69) is 20.3 Å². The zero-order valence-electron chi connectivity index (χ0n) is 14.5. The van der Waals surface area contributed by atoms with Crippen molar-refractivity contribution in [2.45, 2.75) is 17.7 Å². The van der Waals surface area contributed by atoms with Crippen LogP contribution in [0.5, 0.6) is 0 Å². The van der Waals surface area contributed by atoms with Crippen molar-refractivity contribution in [1.82, 2.24) is 15.0 Å². The summed E-state index contributed by atoms with van der Waals surface area (Å²) in [5, 5.41) is 5.44. The Bertz CT molecular complexity index is 910. The van der Waals surface area contributed by atoms with E-state index in [9.17, 15) is 18.0 Å². The van der Waals surface area contributed by atoms with Crippen LogP contribution in [0, 0.1) is 5.92 Å². The molecule has 1 fully saturated rings. The molecule has 1 aromatic heterocycles. The first-order valence-electron chi connectivity index (χ1n) is 8.54. The van der Waals surface area contributed by atoms with Crippen LogP contribution in [0.4, 0.5) is 5.69 Å². The molecule has 0 atom stereocenters. The number of benzene rings is 1. The van der Waals surface area contributed by atoms with Gasteiger partial charge in [-0.2, -0.15) is 0 Å². The van der Waals surface area contributed by atoms with E-state index >= 15 is 0 Å². The Morgan fingerprint density at radius 3 is 2.44 bits per heavy atom. The first kappa shape index (κ1) is 19.0. The summed E-state index contributed by atoms with van der Waals surface area (Å²) < 4.78 is 26.5. The van der Waals surface area contributed by atoms with E-state index in [-0.39, 0.29) is 35.7 Å². The molecule has 2 aromatic rings. The molecule has 1 heterocycles. The molecule has 8 nitrogen and oxygen atoms in total. The Hall–Kier alpha value is -2.78. The Labute approximate surface area is 157 Å². The van der Waals surface area contributed by atoms with Crippen molar-refractivity contribution in [3.63, 3.8) is 0 Å². The van der Waals surface area contributed by atoms with Gasteiger partial charge in [0.2, 0.25) is 15.9 Å². The van der Waals surface area contributed by atoms with Gasteiger partial charge in [-0.05, 0) is 49.2 Å². The zero-order chi connectivity index (χ0) is 19.3. The van der Waals surface area contributed by atoms with Gasteiger partial charge in [-0.3, -0.25) is 14.6 Å². The average Bonchev–Trinajstić information content (AvgIpc) is 3.52. The molecule has 1 saturated carbocycles. The monoisotopic (exact) mass is 388 g/mol. The number of nitrogens with zero attached hydrogens (tertiary/aromatic N) is 1. The highest BCUT2D eigenvalue weighted by molar-refractivity contribution is 7.89. The number of aromatic nitrogens is 1. The number of rotatable bonds is 8. The second-order valence-corrected chi connectivity index (χ2v) is 7.95. The van der Waals surface area contributed by atoms with Gasteiger partial charge in [0.1, 0.15) is 4.90 Å². The van der Waals surface area contributed by atoms with E-state index in [0.717, 1.165) is 12.8 Å². The SMILES string of the molecule is O=C(NCCNS(=O)(=O)c1cccnc1)c1ccc(NC(=O)C2CC2)cc1. The molecule has 3 rings (SSSR count). The summed E-state index contributed by atoms with van der Waals surface area (Å²) in [6.07, 6.45) is 4.60. The number of carbonyl (C=O) groups excluding carboxylic acids is 2. The van der Waals surface area contributed by atoms with E-state index in [0.29, 0.717) is 11.3 Å². The number of anilines is 1. The molecule has 0 radical (unpaired) electrons. The summed E-state index contributed by atoms with van der Waals surface area (Å²) >= 11 is 0. The van der Waals surface area contributed by atoms with Crippen LogP contribution in [0.15, 0.2) is 53.7 Å². The fourth-order valence-corrected chi connectivity index (χ4v) is 3.34. The van der Waals surface area contributed by atoms with Crippen LogP contribution in [-0.2, 0) is 14.8 Å². The summed E-state index contributed by atoms with van der Waals surface area (Å²) in [6.45, 7) is 0.191. The molecule has 0 aliphatic heterocycles. The van der Waals surface area contributed by atoms with Crippen LogP contribution < -0.4 is 15.4 Å². The van der Waals surface area contributed by atoms with Crippen LogP contribution in [0.3, 0.4) is 0 Å². The summed E-state index contributed by atoms with van der Waals surface area (Å²) in [7, 11) is -3.65. The van der Waals surface area contributed by atoms with Crippen LogP contribution in [0.1, 0.15) is 23.2 Å². The lowest BCUT2D eigenvalue weighted by Crippen LogP contribution is -2.34. The third-order valence-corrected chi connectivity index (χ3v) is 5.46. The highest BCUT2D eigenvalue weighted by Gasteiger charge is 2.29. The highest BCUT2D eigenvalue weighted by Crippen LogP contribution is 2.30. The fourth-order valence-electron chi connectivity index (χ4n) is 2.35. The summed E-state index contributed by atoms with van der Waals surface area (Å²) in [6, 6.07) is 9.53. The van der Waals surface area contributed by atoms with Gasteiger partial charge in [0.15, 0.2) is 0 Å². The molecule has 0 bridgehead atoms. The number of carbonyl (C=O) groups is 2. The van der Waals surface area contributed by atoms with Gasteiger partial charge in [-0.1, -0.05) is 0 Å². The minimum atomic E-state index is -3.65. The third-order valence-electron chi connectivity index (χ3n) is 4.01. The third kappa shape index (κ3) is 5.35. The quantitative estimate of drug-likeness (QED) is 0.586. The minimum Gasteiger partial charge on any atom is -0.351 e. The number of pyridine rings is 1. The van der Waals surface area contributed by atoms with Gasteiger partial charge in [0, 0.05) is 42.7 Å². The van der Waals surface area contributed by atoms with Crippen molar-refractivity contribution in [1.29, 1.82) is 0 Å². The average molecular weight is 388 g/mol. The van der Waals surface area contributed by atoms with Crippen molar-refractivity contribution < 1.29 is 18.0 Å². The van der Waals surface area contributed by atoms with Gasteiger partial charge >= 0.3 is 0 Å². The smallest absolute Gasteiger partial charge is 0.251 e. The molecule has 9 heteroatoms. The molecule has 142 valence electrons. The predicted octanol–water partition coefficient (Wildman–Crippen LogP) is 1.14. The molecule has 0 saturated heterocycles.